The molecule has 1 aromatic heterocycles. The zero-order valence-corrected chi connectivity index (χ0v) is 12.2. The van der Waals surface area contributed by atoms with Crippen molar-refractivity contribution in [2.45, 2.75) is 19.6 Å². The number of rotatable bonds is 3. The molecule has 17 heavy (non-hydrogen) atoms. The van der Waals surface area contributed by atoms with Gasteiger partial charge in [0.2, 0.25) is 0 Å². The van der Waals surface area contributed by atoms with Crippen molar-refractivity contribution in [1.82, 2.24) is 0 Å². The molecule has 0 bridgehead atoms. The first-order valence-corrected chi connectivity index (χ1v) is 9.98. The molecule has 0 spiro atoms. The molecule has 3 heteroatoms. The van der Waals surface area contributed by atoms with Crippen molar-refractivity contribution in [3.63, 3.8) is 0 Å². The van der Waals surface area contributed by atoms with Crippen LogP contribution in [0.4, 0.5) is 0 Å². The minimum Gasteiger partial charge on any atom is -0.298 e. The number of aldehydes is 1. The van der Waals surface area contributed by atoms with Crippen LogP contribution in [0.2, 0.25) is 19.6 Å². The smallest absolute Gasteiger partial charge is 0.150 e. The lowest BCUT2D eigenvalue weighted by molar-refractivity contribution is 0.112. The van der Waals surface area contributed by atoms with Gasteiger partial charge < -0.3 is 0 Å². The average molecular weight is 260 g/mol. The molecule has 0 aliphatic carbocycles. The molecule has 88 valence electrons. The minimum absolute atomic E-state index is 0.732. The molecule has 1 nitrogen and oxygen atoms in total. The SMILES string of the molecule is C[Si](C)(C)c1ccc(-c2ccc(C=O)cc2)s1. The lowest BCUT2D eigenvalue weighted by atomic mass is 10.1. The van der Waals surface area contributed by atoms with Gasteiger partial charge >= 0.3 is 0 Å². The van der Waals surface area contributed by atoms with Gasteiger partial charge in [-0.25, -0.2) is 0 Å². The highest BCUT2D eigenvalue weighted by Gasteiger charge is 2.18. The van der Waals surface area contributed by atoms with Gasteiger partial charge in [0.05, 0.1) is 8.07 Å². The van der Waals surface area contributed by atoms with Crippen LogP contribution in [-0.2, 0) is 0 Å². The maximum atomic E-state index is 10.6. The highest BCUT2D eigenvalue weighted by atomic mass is 32.1. The molecule has 0 N–H and O–H groups in total. The Bertz CT molecular complexity index is 520. The van der Waals surface area contributed by atoms with E-state index in [1.807, 2.05) is 35.6 Å². The summed E-state index contributed by atoms with van der Waals surface area (Å²) in [6.45, 7) is 7.08. The monoisotopic (exact) mass is 260 g/mol. The van der Waals surface area contributed by atoms with E-state index < -0.39 is 8.07 Å². The van der Waals surface area contributed by atoms with E-state index in [4.69, 9.17) is 0 Å². The molecule has 0 radical (unpaired) electrons. The average Bonchev–Trinajstić information content (AvgIpc) is 2.78. The van der Waals surface area contributed by atoms with E-state index in [0.29, 0.717) is 0 Å². The van der Waals surface area contributed by atoms with E-state index in [0.717, 1.165) is 11.8 Å². The topological polar surface area (TPSA) is 17.1 Å². The fourth-order valence-corrected chi connectivity index (χ4v) is 4.52. The second-order valence-corrected chi connectivity index (χ2v) is 11.6. The first kappa shape index (κ1) is 12.3. The fraction of sp³-hybridized carbons (Fsp3) is 0.214. The summed E-state index contributed by atoms with van der Waals surface area (Å²) in [7, 11) is -1.20. The summed E-state index contributed by atoms with van der Waals surface area (Å²) in [5, 5.41) is 0. The fourth-order valence-electron chi connectivity index (χ4n) is 1.62. The Labute approximate surface area is 107 Å². The van der Waals surface area contributed by atoms with Crippen LogP contribution in [0.25, 0.3) is 10.4 Å². The van der Waals surface area contributed by atoms with E-state index in [1.54, 1.807) is 0 Å². The maximum absolute atomic E-state index is 10.6. The zero-order chi connectivity index (χ0) is 12.5. The number of carbonyl (C=O) groups is 1. The molecule has 0 fully saturated rings. The van der Waals surface area contributed by atoms with Crippen LogP contribution in [-0.4, -0.2) is 14.4 Å². The van der Waals surface area contributed by atoms with Crippen LogP contribution in [0.3, 0.4) is 0 Å². The molecule has 0 amide bonds. The third-order valence-corrected chi connectivity index (χ3v) is 7.41. The van der Waals surface area contributed by atoms with E-state index in [-0.39, 0.29) is 0 Å². The Morgan fingerprint density at radius 2 is 1.65 bits per heavy atom. The van der Waals surface area contributed by atoms with Gasteiger partial charge in [0.25, 0.3) is 0 Å². The Balaban J connectivity index is 2.33. The first-order valence-electron chi connectivity index (χ1n) is 5.66. The van der Waals surface area contributed by atoms with Gasteiger partial charge in [0.15, 0.2) is 0 Å². The number of carbonyl (C=O) groups excluding carboxylic acids is 1. The van der Waals surface area contributed by atoms with Gasteiger partial charge in [-0.3, -0.25) is 4.79 Å². The molecule has 0 aliphatic rings. The molecule has 0 saturated heterocycles. The van der Waals surface area contributed by atoms with Crippen LogP contribution in [0.5, 0.6) is 0 Å². The van der Waals surface area contributed by atoms with E-state index >= 15 is 0 Å². The molecule has 0 unspecified atom stereocenters. The van der Waals surface area contributed by atoms with Gasteiger partial charge in [-0.2, -0.15) is 0 Å². The largest absolute Gasteiger partial charge is 0.298 e. The van der Waals surface area contributed by atoms with Crippen molar-refractivity contribution in [1.29, 1.82) is 0 Å². The van der Waals surface area contributed by atoms with E-state index in [9.17, 15) is 4.79 Å². The summed E-state index contributed by atoms with van der Waals surface area (Å²) in [4.78, 5) is 11.9. The summed E-state index contributed by atoms with van der Waals surface area (Å²) in [6, 6.07) is 12.2. The molecule has 2 aromatic rings. The molecule has 0 aliphatic heterocycles. The standard InChI is InChI=1S/C14H16OSSi/c1-17(2,3)14-9-8-13(16-14)12-6-4-11(10-15)5-7-12/h4-10H,1-3H3. The third kappa shape index (κ3) is 2.73. The lowest BCUT2D eigenvalue weighted by Crippen LogP contribution is -2.34. The number of hydrogen-bond acceptors (Lipinski definition) is 2. The molecule has 1 aromatic carbocycles. The van der Waals surface area contributed by atoms with Crippen LogP contribution in [0, 0.1) is 0 Å². The number of thiophene rings is 1. The molecule has 2 rings (SSSR count). The highest BCUT2D eigenvalue weighted by molar-refractivity contribution is 7.28. The van der Waals surface area contributed by atoms with E-state index in [1.165, 1.54) is 14.9 Å². The van der Waals surface area contributed by atoms with Gasteiger partial charge in [0.1, 0.15) is 6.29 Å². The summed E-state index contributed by atoms with van der Waals surface area (Å²) < 4.78 is 1.52. The molecule has 0 atom stereocenters. The minimum atomic E-state index is -1.20. The highest BCUT2D eigenvalue weighted by Crippen LogP contribution is 2.25. The van der Waals surface area contributed by atoms with E-state index in [2.05, 4.69) is 31.8 Å². The maximum Gasteiger partial charge on any atom is 0.150 e. The molecular weight excluding hydrogens is 244 g/mol. The van der Waals surface area contributed by atoms with Crippen molar-refractivity contribution >= 4 is 30.2 Å². The summed E-state index contributed by atoms with van der Waals surface area (Å²) in [5.74, 6) is 0. The van der Waals surface area contributed by atoms with Gasteiger partial charge in [-0.1, -0.05) is 50.0 Å². The molecule has 1 heterocycles. The third-order valence-electron chi connectivity index (χ3n) is 2.68. The second-order valence-electron chi connectivity index (χ2n) is 5.15. The van der Waals surface area contributed by atoms with Crippen molar-refractivity contribution in [3.05, 3.63) is 42.0 Å². The summed E-state index contributed by atoms with van der Waals surface area (Å²) in [5.41, 5.74) is 1.93. The number of benzene rings is 1. The Kier molecular flexibility index (Phi) is 3.31. The quantitative estimate of drug-likeness (QED) is 0.606. The van der Waals surface area contributed by atoms with Crippen molar-refractivity contribution in [2.75, 3.05) is 0 Å². The lowest BCUT2D eigenvalue weighted by Gasteiger charge is -2.12. The molecular formula is C14H16OSSi. The van der Waals surface area contributed by atoms with Gasteiger partial charge in [-0.05, 0) is 16.1 Å². The van der Waals surface area contributed by atoms with Crippen LogP contribution >= 0.6 is 11.3 Å². The number of hydrogen-bond donors (Lipinski definition) is 0. The first-order chi connectivity index (χ1) is 8.00. The zero-order valence-electron chi connectivity index (χ0n) is 10.4. The van der Waals surface area contributed by atoms with Crippen molar-refractivity contribution < 1.29 is 4.79 Å². The van der Waals surface area contributed by atoms with Crippen LogP contribution < -0.4 is 4.50 Å². The van der Waals surface area contributed by atoms with Crippen molar-refractivity contribution in [2.24, 2.45) is 0 Å². The van der Waals surface area contributed by atoms with Gasteiger partial charge in [-0.15, -0.1) is 11.3 Å². The summed E-state index contributed by atoms with van der Waals surface area (Å²) >= 11 is 1.88. The normalized spacial score (nSPS) is 11.5. The predicted molar refractivity (Wildman–Crippen MR) is 78.1 cm³/mol. The Hall–Kier alpha value is -1.19. The Morgan fingerprint density at radius 3 is 2.12 bits per heavy atom. The van der Waals surface area contributed by atoms with Crippen LogP contribution in [0.15, 0.2) is 36.4 Å². The predicted octanol–water partition coefficient (Wildman–Crippen LogP) is 3.77. The second kappa shape index (κ2) is 4.59. The Morgan fingerprint density at radius 1 is 1.00 bits per heavy atom. The van der Waals surface area contributed by atoms with Gasteiger partial charge in [0, 0.05) is 10.4 Å². The molecule has 0 saturated carbocycles. The summed E-state index contributed by atoms with van der Waals surface area (Å²) in [6.07, 6.45) is 0.881. The van der Waals surface area contributed by atoms with Crippen molar-refractivity contribution in [3.8, 4) is 10.4 Å². The van der Waals surface area contributed by atoms with Crippen LogP contribution in [0.1, 0.15) is 10.4 Å².